The van der Waals surface area contributed by atoms with E-state index in [2.05, 4.69) is 5.10 Å². The molecular weight excluding hydrogens is 344 g/mol. The molecule has 0 unspecified atom stereocenters. The maximum atomic E-state index is 13.0. The highest BCUT2D eigenvalue weighted by atomic mass is 16.2. The molecular formula is C20H26N4O3. The van der Waals surface area contributed by atoms with E-state index in [1.54, 1.807) is 31.0 Å². The van der Waals surface area contributed by atoms with Crippen molar-refractivity contribution in [3.05, 3.63) is 56.4 Å². The number of aromatic nitrogens is 3. The van der Waals surface area contributed by atoms with Gasteiger partial charge in [0.15, 0.2) is 0 Å². The lowest BCUT2D eigenvalue weighted by molar-refractivity contribution is 0.0684. The highest BCUT2D eigenvalue weighted by molar-refractivity contribution is 5.91. The van der Waals surface area contributed by atoms with Gasteiger partial charge >= 0.3 is 5.69 Å². The monoisotopic (exact) mass is 370 g/mol. The van der Waals surface area contributed by atoms with Gasteiger partial charge in [-0.1, -0.05) is 31.4 Å². The summed E-state index contributed by atoms with van der Waals surface area (Å²) in [4.78, 5) is 40.1. The number of carbonyl (C=O) groups excluding carboxylic acids is 1. The average Bonchev–Trinajstić information content (AvgIpc) is 2.68. The molecule has 144 valence electrons. The Morgan fingerprint density at radius 3 is 2.56 bits per heavy atom. The second kappa shape index (κ2) is 7.90. The first-order chi connectivity index (χ1) is 12.9. The van der Waals surface area contributed by atoms with Crippen LogP contribution in [0.25, 0.3) is 5.69 Å². The minimum atomic E-state index is -0.626. The van der Waals surface area contributed by atoms with Gasteiger partial charge in [0.2, 0.25) is 5.69 Å². The summed E-state index contributed by atoms with van der Waals surface area (Å²) in [6, 6.07) is 7.38. The Morgan fingerprint density at radius 1 is 1.22 bits per heavy atom. The Bertz CT molecular complexity index is 954. The maximum Gasteiger partial charge on any atom is 0.352 e. The first-order valence-corrected chi connectivity index (χ1v) is 9.52. The van der Waals surface area contributed by atoms with E-state index in [1.807, 2.05) is 19.1 Å². The number of benzene rings is 1. The summed E-state index contributed by atoms with van der Waals surface area (Å²) < 4.78 is 2.22. The molecule has 1 aliphatic rings. The van der Waals surface area contributed by atoms with E-state index < -0.39 is 17.2 Å². The summed E-state index contributed by atoms with van der Waals surface area (Å²) in [5.74, 6) is -0.421. The van der Waals surface area contributed by atoms with Gasteiger partial charge in [0.25, 0.3) is 11.5 Å². The number of hydrogen-bond donors (Lipinski definition) is 0. The third-order valence-electron chi connectivity index (χ3n) is 5.27. The highest BCUT2D eigenvalue weighted by Gasteiger charge is 2.27. The molecule has 0 radical (unpaired) electrons. The lowest BCUT2D eigenvalue weighted by atomic mass is 9.94. The van der Waals surface area contributed by atoms with Crippen molar-refractivity contribution in [1.82, 2.24) is 19.2 Å². The zero-order valence-corrected chi connectivity index (χ0v) is 16.1. The van der Waals surface area contributed by atoms with E-state index in [9.17, 15) is 14.4 Å². The molecule has 0 saturated heterocycles. The van der Waals surface area contributed by atoms with Crippen LogP contribution in [0.2, 0.25) is 0 Å². The Balaban J connectivity index is 2.09. The Labute approximate surface area is 158 Å². The molecule has 1 aromatic heterocycles. The van der Waals surface area contributed by atoms with E-state index in [-0.39, 0.29) is 18.3 Å². The first-order valence-electron chi connectivity index (χ1n) is 9.52. The second-order valence-electron chi connectivity index (χ2n) is 7.14. The predicted octanol–water partition coefficient (Wildman–Crippen LogP) is 2.13. The summed E-state index contributed by atoms with van der Waals surface area (Å²) in [6.45, 7) is 3.80. The maximum absolute atomic E-state index is 13.0. The minimum Gasteiger partial charge on any atom is -0.337 e. The third-order valence-corrected chi connectivity index (χ3v) is 5.27. The van der Waals surface area contributed by atoms with Crippen LogP contribution >= 0.6 is 0 Å². The van der Waals surface area contributed by atoms with E-state index in [0.29, 0.717) is 5.69 Å². The number of rotatable bonds is 4. The largest absolute Gasteiger partial charge is 0.352 e. The van der Waals surface area contributed by atoms with Crippen molar-refractivity contribution in [3.8, 4) is 5.69 Å². The first kappa shape index (κ1) is 19.1. The molecule has 1 amide bonds. The number of nitrogens with zero attached hydrogens (tertiary/aromatic N) is 4. The van der Waals surface area contributed by atoms with E-state index in [1.165, 1.54) is 6.42 Å². The molecule has 27 heavy (non-hydrogen) atoms. The van der Waals surface area contributed by atoms with Gasteiger partial charge < -0.3 is 4.90 Å². The predicted molar refractivity (Wildman–Crippen MR) is 103 cm³/mol. The van der Waals surface area contributed by atoms with Gasteiger partial charge in [-0.15, -0.1) is 0 Å². The van der Waals surface area contributed by atoms with Crippen LogP contribution in [0.1, 0.15) is 55.1 Å². The van der Waals surface area contributed by atoms with Crippen LogP contribution in [0.3, 0.4) is 0 Å². The number of hydrogen-bond acceptors (Lipinski definition) is 4. The van der Waals surface area contributed by atoms with Crippen molar-refractivity contribution in [2.75, 3.05) is 7.05 Å². The van der Waals surface area contributed by atoms with Crippen molar-refractivity contribution < 1.29 is 4.79 Å². The molecule has 7 nitrogen and oxygen atoms in total. The molecule has 0 spiro atoms. The molecule has 0 atom stereocenters. The van der Waals surface area contributed by atoms with Gasteiger partial charge in [-0.3, -0.25) is 14.2 Å². The summed E-state index contributed by atoms with van der Waals surface area (Å²) in [5.41, 5.74) is 0.134. The third kappa shape index (κ3) is 3.72. The lowest BCUT2D eigenvalue weighted by Crippen LogP contribution is -2.47. The summed E-state index contributed by atoms with van der Waals surface area (Å²) in [5, 5.41) is 4.19. The van der Waals surface area contributed by atoms with Crippen LogP contribution in [0, 0.1) is 6.92 Å². The minimum absolute atomic E-state index is 0.113. The van der Waals surface area contributed by atoms with Crippen LogP contribution in [-0.4, -0.2) is 38.2 Å². The summed E-state index contributed by atoms with van der Waals surface area (Å²) in [6.07, 6.45) is 5.20. The van der Waals surface area contributed by atoms with Crippen molar-refractivity contribution in [3.63, 3.8) is 0 Å². The summed E-state index contributed by atoms with van der Waals surface area (Å²) in [7, 11) is 1.72. The Morgan fingerprint density at radius 2 is 1.93 bits per heavy atom. The topological polar surface area (TPSA) is 77.2 Å². The van der Waals surface area contributed by atoms with Crippen molar-refractivity contribution in [2.24, 2.45) is 0 Å². The highest BCUT2D eigenvalue weighted by Crippen LogP contribution is 2.22. The van der Waals surface area contributed by atoms with Crippen LogP contribution in [0.5, 0.6) is 0 Å². The van der Waals surface area contributed by atoms with Crippen LogP contribution in [0.4, 0.5) is 0 Å². The molecule has 2 aromatic rings. The fourth-order valence-corrected chi connectivity index (χ4v) is 3.66. The van der Waals surface area contributed by atoms with Crippen LogP contribution in [0.15, 0.2) is 33.9 Å². The Kier molecular flexibility index (Phi) is 5.58. The van der Waals surface area contributed by atoms with Crippen molar-refractivity contribution in [2.45, 2.75) is 58.5 Å². The summed E-state index contributed by atoms with van der Waals surface area (Å²) >= 11 is 0. The molecule has 1 aliphatic carbocycles. The van der Waals surface area contributed by atoms with Gasteiger partial charge in [0.1, 0.15) is 0 Å². The second-order valence-corrected chi connectivity index (χ2v) is 7.14. The molecule has 0 N–H and O–H groups in total. The lowest BCUT2D eigenvalue weighted by Gasteiger charge is -2.30. The SMILES string of the molecule is CCn1c(=O)c(C(=O)N(C)C2CCCCC2)nn(-c2cccc(C)c2)c1=O. The normalized spacial score (nSPS) is 14.9. The zero-order valence-electron chi connectivity index (χ0n) is 16.1. The molecule has 1 fully saturated rings. The standard InChI is InChI=1S/C20H26N4O3/c1-4-23-19(26)17(18(25)22(3)15-10-6-5-7-11-15)21-24(20(23)27)16-12-8-9-14(2)13-16/h8-9,12-13,15H,4-7,10-11H2,1-3H3. The zero-order chi connectivity index (χ0) is 19.6. The number of amides is 1. The van der Waals surface area contributed by atoms with Crippen LogP contribution < -0.4 is 11.2 Å². The quantitative estimate of drug-likeness (QED) is 0.826. The average molecular weight is 370 g/mol. The van der Waals surface area contributed by atoms with Crippen molar-refractivity contribution >= 4 is 5.91 Å². The molecule has 1 heterocycles. The molecule has 3 rings (SSSR count). The fourth-order valence-electron chi connectivity index (χ4n) is 3.66. The van der Waals surface area contributed by atoms with E-state index in [0.717, 1.165) is 40.5 Å². The molecule has 0 aliphatic heterocycles. The fraction of sp³-hybridized carbons (Fsp3) is 0.500. The van der Waals surface area contributed by atoms with E-state index >= 15 is 0 Å². The van der Waals surface area contributed by atoms with Gasteiger partial charge in [-0.05, 0) is 44.4 Å². The smallest absolute Gasteiger partial charge is 0.337 e. The van der Waals surface area contributed by atoms with E-state index in [4.69, 9.17) is 0 Å². The number of carbonyl (C=O) groups is 1. The molecule has 1 aromatic carbocycles. The van der Waals surface area contributed by atoms with Crippen molar-refractivity contribution in [1.29, 1.82) is 0 Å². The van der Waals surface area contributed by atoms with Gasteiger partial charge in [-0.25, -0.2) is 4.79 Å². The molecule has 0 bridgehead atoms. The molecule has 1 saturated carbocycles. The molecule has 7 heteroatoms. The van der Waals surface area contributed by atoms with Gasteiger partial charge in [0, 0.05) is 19.6 Å². The van der Waals surface area contributed by atoms with Gasteiger partial charge in [0.05, 0.1) is 5.69 Å². The Hall–Kier alpha value is -2.70. The van der Waals surface area contributed by atoms with Crippen LogP contribution in [-0.2, 0) is 6.54 Å². The van der Waals surface area contributed by atoms with Gasteiger partial charge in [-0.2, -0.15) is 9.78 Å². The number of aryl methyl sites for hydroxylation is 1.